The van der Waals surface area contributed by atoms with Crippen LogP contribution >= 0.6 is 0 Å². The van der Waals surface area contributed by atoms with Crippen LogP contribution in [0.1, 0.15) is 42.6 Å². The van der Waals surface area contributed by atoms with Gasteiger partial charge in [-0.3, -0.25) is 4.90 Å². The van der Waals surface area contributed by atoms with E-state index in [9.17, 15) is 10.1 Å². The van der Waals surface area contributed by atoms with Crippen molar-refractivity contribution in [2.24, 2.45) is 11.8 Å². The summed E-state index contributed by atoms with van der Waals surface area (Å²) in [6, 6.07) is 6.06. The standard InChI is InChI=1S/C24H29N3O4/c1-5-15-12-27-7-6-16-22-19(8-14(11-25)9-21(22)30-3)26-23(16)20(27)10-17(15)18(13-29-2)24(28)31-4/h8-9,13,15,17,20,26H,5-7,10,12H2,1-4H3/b18-13+. The average Bonchev–Trinajstić information content (AvgIpc) is 3.19. The van der Waals surface area contributed by atoms with Gasteiger partial charge in [-0.1, -0.05) is 13.3 Å². The third kappa shape index (κ3) is 3.55. The summed E-state index contributed by atoms with van der Waals surface area (Å²) in [5, 5.41) is 10.5. The number of hydrogen-bond donors (Lipinski definition) is 1. The highest BCUT2D eigenvalue weighted by atomic mass is 16.5. The summed E-state index contributed by atoms with van der Waals surface area (Å²) >= 11 is 0. The van der Waals surface area contributed by atoms with Crippen LogP contribution in [0.4, 0.5) is 0 Å². The van der Waals surface area contributed by atoms with E-state index in [2.05, 4.69) is 22.9 Å². The SMILES string of the molecule is CCC1CN2CCc3c([nH]c4cc(C#N)cc(OC)c34)C2CC1/C(=C\OC)C(=O)OC. The van der Waals surface area contributed by atoms with Crippen LogP contribution in [0.25, 0.3) is 10.9 Å². The van der Waals surface area contributed by atoms with Crippen LogP contribution in [0.2, 0.25) is 0 Å². The number of nitrogens with one attached hydrogen (secondary N) is 1. The van der Waals surface area contributed by atoms with Crippen molar-refractivity contribution in [2.45, 2.75) is 32.2 Å². The van der Waals surface area contributed by atoms with Crippen molar-refractivity contribution < 1.29 is 19.0 Å². The number of aromatic amines is 1. The number of benzene rings is 1. The number of rotatable bonds is 5. The van der Waals surface area contributed by atoms with E-state index in [1.165, 1.54) is 12.7 Å². The summed E-state index contributed by atoms with van der Waals surface area (Å²) in [6.45, 7) is 4.05. The maximum Gasteiger partial charge on any atom is 0.337 e. The second kappa shape index (κ2) is 8.64. The molecular formula is C24H29N3O4. The Kier molecular flexibility index (Phi) is 5.92. The zero-order valence-electron chi connectivity index (χ0n) is 18.5. The Morgan fingerprint density at radius 2 is 2.16 bits per heavy atom. The number of fused-ring (bicyclic) bond motifs is 5. The monoisotopic (exact) mass is 423 g/mol. The van der Waals surface area contributed by atoms with Crippen molar-refractivity contribution in [3.8, 4) is 11.8 Å². The van der Waals surface area contributed by atoms with Crippen molar-refractivity contribution in [1.29, 1.82) is 5.26 Å². The van der Waals surface area contributed by atoms with E-state index in [0.717, 1.165) is 54.7 Å². The lowest BCUT2D eigenvalue weighted by Crippen LogP contribution is -2.47. The number of ether oxygens (including phenoxy) is 3. The first-order chi connectivity index (χ1) is 15.1. The normalized spacial score (nSPS) is 23.6. The Hall–Kier alpha value is -2.98. The van der Waals surface area contributed by atoms with E-state index < -0.39 is 0 Å². The van der Waals surface area contributed by atoms with E-state index >= 15 is 0 Å². The molecule has 0 amide bonds. The molecule has 0 saturated carbocycles. The summed E-state index contributed by atoms with van der Waals surface area (Å²) < 4.78 is 15.9. The summed E-state index contributed by atoms with van der Waals surface area (Å²) in [4.78, 5) is 18.6. The second-order valence-electron chi connectivity index (χ2n) is 8.30. The van der Waals surface area contributed by atoms with Gasteiger partial charge in [-0.25, -0.2) is 4.79 Å². The summed E-state index contributed by atoms with van der Waals surface area (Å²) in [5.74, 6) is 0.801. The minimum Gasteiger partial charge on any atom is -0.504 e. The number of nitriles is 1. The molecule has 1 aromatic heterocycles. The van der Waals surface area contributed by atoms with Gasteiger partial charge < -0.3 is 19.2 Å². The molecule has 4 rings (SSSR count). The van der Waals surface area contributed by atoms with Gasteiger partial charge in [0.25, 0.3) is 0 Å². The van der Waals surface area contributed by atoms with Crippen LogP contribution in [0, 0.1) is 23.2 Å². The number of H-pyrrole nitrogens is 1. The Bertz CT molecular complexity index is 1060. The fraction of sp³-hybridized carbons (Fsp3) is 0.500. The highest BCUT2D eigenvalue weighted by molar-refractivity contribution is 5.92. The molecule has 1 N–H and O–H groups in total. The molecule has 3 atom stereocenters. The quantitative estimate of drug-likeness (QED) is 0.448. The summed E-state index contributed by atoms with van der Waals surface area (Å²) in [5.41, 5.74) is 4.52. The van der Waals surface area contributed by atoms with Crippen molar-refractivity contribution in [2.75, 3.05) is 34.4 Å². The number of aromatic nitrogens is 1. The van der Waals surface area contributed by atoms with Crippen molar-refractivity contribution in [1.82, 2.24) is 9.88 Å². The molecule has 0 radical (unpaired) electrons. The number of methoxy groups -OCH3 is 3. The van der Waals surface area contributed by atoms with Gasteiger partial charge in [0.2, 0.25) is 0 Å². The molecule has 7 nitrogen and oxygen atoms in total. The minimum atomic E-state index is -0.327. The lowest BCUT2D eigenvalue weighted by molar-refractivity contribution is -0.137. The van der Waals surface area contributed by atoms with E-state index in [4.69, 9.17) is 14.2 Å². The van der Waals surface area contributed by atoms with Gasteiger partial charge in [-0.2, -0.15) is 5.26 Å². The smallest absolute Gasteiger partial charge is 0.337 e. The first-order valence-electron chi connectivity index (χ1n) is 10.7. The largest absolute Gasteiger partial charge is 0.504 e. The Labute approximate surface area is 182 Å². The maximum atomic E-state index is 12.5. The van der Waals surface area contributed by atoms with Crippen LogP contribution < -0.4 is 4.74 Å². The predicted molar refractivity (Wildman–Crippen MR) is 117 cm³/mol. The van der Waals surface area contributed by atoms with Gasteiger partial charge in [0, 0.05) is 24.2 Å². The van der Waals surface area contributed by atoms with Gasteiger partial charge >= 0.3 is 5.97 Å². The highest BCUT2D eigenvalue weighted by Crippen LogP contribution is 2.47. The van der Waals surface area contributed by atoms with Crippen LogP contribution in [0.5, 0.6) is 5.75 Å². The van der Waals surface area contributed by atoms with E-state index in [-0.39, 0.29) is 17.9 Å². The van der Waals surface area contributed by atoms with Crippen LogP contribution in [-0.2, 0) is 20.7 Å². The van der Waals surface area contributed by atoms with Gasteiger partial charge in [0.1, 0.15) is 5.75 Å². The lowest BCUT2D eigenvalue weighted by Gasteiger charge is -2.46. The molecule has 0 bridgehead atoms. The number of carbonyl (C=O) groups excluding carboxylic acids is 1. The molecule has 3 heterocycles. The predicted octanol–water partition coefficient (Wildman–Crippen LogP) is 3.70. The average molecular weight is 424 g/mol. The second-order valence-corrected chi connectivity index (χ2v) is 8.30. The molecule has 1 fully saturated rings. The van der Waals surface area contributed by atoms with E-state index in [0.29, 0.717) is 17.1 Å². The summed E-state index contributed by atoms with van der Waals surface area (Å²) in [7, 11) is 4.62. The molecule has 0 aliphatic carbocycles. The Morgan fingerprint density at radius 1 is 1.35 bits per heavy atom. The number of carbonyl (C=O) groups is 1. The molecule has 1 aromatic carbocycles. The highest BCUT2D eigenvalue weighted by Gasteiger charge is 2.42. The van der Waals surface area contributed by atoms with Crippen molar-refractivity contribution in [3.63, 3.8) is 0 Å². The van der Waals surface area contributed by atoms with Gasteiger partial charge in [-0.15, -0.1) is 0 Å². The molecule has 164 valence electrons. The number of esters is 1. The Balaban J connectivity index is 1.79. The zero-order valence-corrected chi connectivity index (χ0v) is 18.5. The molecule has 0 spiro atoms. The lowest BCUT2D eigenvalue weighted by atomic mass is 9.74. The van der Waals surface area contributed by atoms with Crippen molar-refractivity contribution >= 4 is 16.9 Å². The number of nitrogens with zero attached hydrogens (tertiary/aromatic N) is 2. The zero-order chi connectivity index (χ0) is 22.1. The first-order valence-corrected chi connectivity index (χ1v) is 10.7. The van der Waals surface area contributed by atoms with Crippen LogP contribution in [0.3, 0.4) is 0 Å². The van der Waals surface area contributed by atoms with Gasteiger partial charge in [0.05, 0.1) is 56.4 Å². The molecule has 7 heteroatoms. The Morgan fingerprint density at radius 3 is 2.81 bits per heavy atom. The third-order valence-electron chi connectivity index (χ3n) is 6.88. The molecular weight excluding hydrogens is 394 g/mol. The fourth-order valence-electron chi connectivity index (χ4n) is 5.42. The van der Waals surface area contributed by atoms with Gasteiger partial charge in [-0.05, 0) is 42.4 Å². The molecule has 1 saturated heterocycles. The molecule has 3 unspecified atom stereocenters. The molecule has 2 aliphatic heterocycles. The van der Waals surface area contributed by atoms with Crippen LogP contribution in [-0.4, -0.2) is 50.3 Å². The van der Waals surface area contributed by atoms with E-state index in [1.54, 1.807) is 26.5 Å². The maximum absolute atomic E-state index is 12.5. The van der Waals surface area contributed by atoms with Crippen LogP contribution in [0.15, 0.2) is 24.0 Å². The minimum absolute atomic E-state index is 0.0487. The van der Waals surface area contributed by atoms with Gasteiger partial charge in [0.15, 0.2) is 0 Å². The molecule has 2 aromatic rings. The fourth-order valence-corrected chi connectivity index (χ4v) is 5.42. The third-order valence-corrected chi connectivity index (χ3v) is 6.88. The summed E-state index contributed by atoms with van der Waals surface area (Å²) in [6.07, 6.45) is 4.25. The topological polar surface area (TPSA) is 87.6 Å². The van der Waals surface area contributed by atoms with E-state index in [1.807, 2.05) is 6.07 Å². The molecule has 2 aliphatic rings. The first kappa shape index (κ1) is 21.3. The number of piperidine rings is 1. The molecule has 31 heavy (non-hydrogen) atoms. The van der Waals surface area contributed by atoms with Crippen molar-refractivity contribution in [3.05, 3.63) is 40.8 Å². The number of hydrogen-bond acceptors (Lipinski definition) is 6.